The first kappa shape index (κ1) is 24.5. The Bertz CT molecular complexity index is 66.3. The molecule has 0 spiro atoms. The number of carbonyl (C=O) groups is 2. The van der Waals surface area contributed by atoms with Gasteiger partial charge >= 0.3 is 0 Å². The van der Waals surface area contributed by atoms with Gasteiger partial charge in [0, 0.05) is 0 Å². The minimum Gasteiger partial charge on any atom is -0.363 e. The maximum absolute atomic E-state index is 9.22. The van der Waals surface area contributed by atoms with Crippen molar-refractivity contribution in [3.8, 4) is 0 Å². The number of nitrogens with two attached hydrogens (primary N) is 1. The first-order valence-electron chi connectivity index (χ1n) is 1.02. The number of rotatable bonds is 1. The molecule has 0 bridgehead atoms. The molecule has 0 unspecified atom stereocenters. The van der Waals surface area contributed by atoms with Crippen LogP contribution in [0, 0.1) is 0 Å². The normalized spacial score (nSPS) is 4.00. The highest BCUT2D eigenvalue weighted by Crippen LogP contribution is 1.30. The smallest absolute Gasteiger partial charge is 0.281 e. The quantitative estimate of drug-likeness (QED) is 0.456. The topological polar surface area (TPSA) is 60.2 Å². The van der Waals surface area contributed by atoms with Crippen molar-refractivity contribution in [3.05, 3.63) is 0 Å². The van der Waals surface area contributed by atoms with Crippen molar-refractivity contribution in [2.45, 2.75) is 0 Å². The summed E-state index contributed by atoms with van der Waals surface area (Å²) in [6, 6.07) is 0. The molecule has 0 aliphatic rings. The molecule has 2 N–H and O–H groups in total. The summed E-state index contributed by atoms with van der Waals surface area (Å²) in [5.74, 6) is -0.926. The third-order valence-corrected chi connectivity index (χ3v) is 0.116. The van der Waals surface area contributed by atoms with Crippen LogP contribution in [-0.2, 0) is 9.59 Å². The van der Waals surface area contributed by atoms with Gasteiger partial charge in [0.1, 0.15) is 0 Å². The second kappa shape index (κ2) is 15.7. The summed E-state index contributed by atoms with van der Waals surface area (Å²) in [6.45, 7) is 0. The van der Waals surface area contributed by atoms with E-state index in [4.69, 9.17) is 4.79 Å². The monoisotopic (exact) mass is 181 g/mol. The number of amides is 1. The minimum atomic E-state index is -0.926. The third-order valence-electron chi connectivity index (χ3n) is 0.116. The Morgan fingerprint density at radius 3 is 1.38 bits per heavy atom. The summed E-state index contributed by atoms with van der Waals surface area (Å²) in [7, 11) is 0. The second-order valence-corrected chi connectivity index (χ2v) is 0.520. The van der Waals surface area contributed by atoms with E-state index in [1.807, 2.05) is 0 Å². The lowest BCUT2D eigenvalue weighted by molar-refractivity contribution is -0.129. The van der Waals surface area contributed by atoms with Crippen molar-refractivity contribution in [2.24, 2.45) is 5.73 Å². The van der Waals surface area contributed by atoms with Gasteiger partial charge in [0.15, 0.2) is 0 Å². The van der Waals surface area contributed by atoms with Crippen LogP contribution < -0.4 is 5.73 Å². The summed E-state index contributed by atoms with van der Waals surface area (Å²) < 4.78 is 0. The highest BCUT2D eigenvalue weighted by molar-refractivity contribution is 6.22. The van der Waals surface area contributed by atoms with E-state index >= 15 is 0 Å². The van der Waals surface area contributed by atoms with Gasteiger partial charge in [0.25, 0.3) is 5.91 Å². The van der Waals surface area contributed by atoms with Crippen LogP contribution in [-0.4, -0.2) is 12.2 Å². The van der Waals surface area contributed by atoms with Crippen LogP contribution in [0.4, 0.5) is 0 Å². The zero-order chi connectivity index (χ0) is 4.28. The number of halogens is 3. The third kappa shape index (κ3) is 37.3. The van der Waals surface area contributed by atoms with E-state index in [0.717, 1.165) is 0 Å². The van der Waals surface area contributed by atoms with Crippen LogP contribution in [0.1, 0.15) is 0 Å². The van der Waals surface area contributed by atoms with E-state index in [1.54, 1.807) is 0 Å². The van der Waals surface area contributed by atoms with Gasteiger partial charge in [-0.3, -0.25) is 9.59 Å². The summed E-state index contributed by atoms with van der Waals surface area (Å²) in [5.41, 5.74) is 4.28. The average molecular weight is 182 g/mol. The summed E-state index contributed by atoms with van der Waals surface area (Å²) in [4.78, 5) is 18.3. The van der Waals surface area contributed by atoms with Gasteiger partial charge in [0.2, 0.25) is 6.29 Å². The van der Waals surface area contributed by atoms with Gasteiger partial charge in [-0.25, -0.2) is 0 Å². The lowest BCUT2D eigenvalue weighted by Gasteiger charge is -1.60. The van der Waals surface area contributed by atoms with Crippen LogP contribution in [0.25, 0.3) is 0 Å². The summed E-state index contributed by atoms with van der Waals surface area (Å²) >= 11 is 0. The molecule has 1 amide bonds. The van der Waals surface area contributed by atoms with Gasteiger partial charge in [-0.05, 0) is 0 Å². The largest absolute Gasteiger partial charge is 0.363 e. The summed E-state index contributed by atoms with van der Waals surface area (Å²) in [6.07, 6.45) is 0.0556. The van der Waals surface area contributed by atoms with E-state index in [-0.39, 0.29) is 43.5 Å². The Balaban J connectivity index is -0.0000000267. The first-order chi connectivity index (χ1) is 2.27. The van der Waals surface area contributed by atoms with Crippen molar-refractivity contribution in [2.75, 3.05) is 0 Å². The van der Waals surface area contributed by atoms with Crippen molar-refractivity contribution in [1.82, 2.24) is 0 Å². The Morgan fingerprint density at radius 2 is 1.38 bits per heavy atom. The number of carbonyl (C=O) groups excluding carboxylic acids is 2. The SMILES string of the molecule is Cl.Cl.Cl.NC(=O)C=O. The fraction of sp³-hybridized carbons (Fsp3) is 0. The molecule has 3 nitrogen and oxygen atoms in total. The minimum absolute atomic E-state index is 0. The van der Waals surface area contributed by atoms with Gasteiger partial charge in [-0.1, -0.05) is 0 Å². The highest BCUT2D eigenvalue weighted by Gasteiger charge is 1.76. The van der Waals surface area contributed by atoms with E-state index < -0.39 is 5.91 Å². The molecule has 8 heavy (non-hydrogen) atoms. The van der Waals surface area contributed by atoms with Gasteiger partial charge in [-0.2, -0.15) is 0 Å². The molecule has 0 aromatic carbocycles. The van der Waals surface area contributed by atoms with Crippen LogP contribution in [0.5, 0.6) is 0 Å². The fourth-order valence-corrected chi connectivity index (χ4v) is 0. The number of primary amides is 1. The van der Waals surface area contributed by atoms with Crippen molar-refractivity contribution >= 4 is 49.4 Å². The molecule has 52 valence electrons. The highest BCUT2D eigenvalue weighted by atomic mass is 35.5. The molecule has 0 radical (unpaired) electrons. The molecule has 0 rings (SSSR count). The Hall–Kier alpha value is 0.01000. The van der Waals surface area contributed by atoms with Crippen LogP contribution in [0.3, 0.4) is 0 Å². The van der Waals surface area contributed by atoms with E-state index in [2.05, 4.69) is 5.73 Å². The standard InChI is InChI=1S/C2H3NO2.3ClH/c3-2(5)1-4;;;/h1H,(H2,3,5);3*1H. The van der Waals surface area contributed by atoms with Crippen LogP contribution in [0.2, 0.25) is 0 Å². The molecule has 0 fully saturated rings. The van der Waals surface area contributed by atoms with Gasteiger partial charge in [-0.15, -0.1) is 37.2 Å². The predicted octanol–water partition coefficient (Wildman–Crippen LogP) is -0.0640. The van der Waals surface area contributed by atoms with Crippen molar-refractivity contribution < 1.29 is 9.59 Å². The zero-order valence-corrected chi connectivity index (χ0v) is 6.15. The van der Waals surface area contributed by atoms with E-state index in [9.17, 15) is 4.79 Å². The predicted molar refractivity (Wildman–Crippen MR) is 37.0 cm³/mol. The molecule has 0 saturated heterocycles. The number of hydrogen-bond acceptors (Lipinski definition) is 2. The van der Waals surface area contributed by atoms with Gasteiger partial charge < -0.3 is 5.73 Å². The van der Waals surface area contributed by atoms with Gasteiger partial charge in [0.05, 0.1) is 0 Å². The second-order valence-electron chi connectivity index (χ2n) is 0.520. The Morgan fingerprint density at radius 1 is 1.25 bits per heavy atom. The van der Waals surface area contributed by atoms with Crippen molar-refractivity contribution in [1.29, 1.82) is 0 Å². The zero-order valence-electron chi connectivity index (χ0n) is 3.70. The average Bonchev–Trinajstić information content (AvgIpc) is 1.38. The molecule has 6 heteroatoms. The van der Waals surface area contributed by atoms with Crippen LogP contribution >= 0.6 is 37.2 Å². The van der Waals surface area contributed by atoms with Crippen molar-refractivity contribution in [3.63, 3.8) is 0 Å². The van der Waals surface area contributed by atoms with E-state index in [1.165, 1.54) is 0 Å². The lowest BCUT2D eigenvalue weighted by Crippen LogP contribution is -2.10. The van der Waals surface area contributed by atoms with Crippen LogP contribution in [0.15, 0.2) is 0 Å². The molecule has 0 aliphatic heterocycles. The first-order valence-corrected chi connectivity index (χ1v) is 1.02. The molecular weight excluding hydrogens is 176 g/mol. The molecule has 0 aromatic rings. The fourth-order valence-electron chi connectivity index (χ4n) is 0. The molecule has 0 heterocycles. The summed E-state index contributed by atoms with van der Waals surface area (Å²) in [5, 5.41) is 0. The molecule has 0 saturated carbocycles. The number of hydrogen-bond donors (Lipinski definition) is 1. The Kier molecular flexibility index (Phi) is 48.2. The van der Waals surface area contributed by atoms with E-state index in [0.29, 0.717) is 0 Å². The lowest BCUT2D eigenvalue weighted by atomic mass is 10.8. The molecule has 0 atom stereocenters. The maximum atomic E-state index is 9.22. The molecule has 0 aliphatic carbocycles. The molecular formula is C2H6Cl3NO2. The number of aldehydes is 1. The maximum Gasteiger partial charge on any atom is 0.281 e. The Labute approximate surface area is 65.2 Å². The molecule has 0 aromatic heterocycles.